The first kappa shape index (κ1) is 23.3. The molecule has 1 aromatic rings. The number of piperazine rings is 2. The zero-order chi connectivity index (χ0) is 22.8. The van der Waals surface area contributed by atoms with E-state index in [-0.39, 0.29) is 17.6 Å². The fourth-order valence-electron chi connectivity index (χ4n) is 4.17. The molecule has 2 saturated heterocycles. The summed E-state index contributed by atoms with van der Waals surface area (Å²) in [6.07, 6.45) is -4.64. The summed E-state index contributed by atoms with van der Waals surface area (Å²) in [5, 5.41) is 11.4. The van der Waals surface area contributed by atoms with Crippen molar-refractivity contribution >= 4 is 17.3 Å². The third-order valence-electron chi connectivity index (χ3n) is 6.19. The van der Waals surface area contributed by atoms with Crippen molar-refractivity contribution < 1.29 is 22.9 Å². The summed E-state index contributed by atoms with van der Waals surface area (Å²) in [4.78, 5) is 31.4. The van der Waals surface area contributed by atoms with Gasteiger partial charge in [0.25, 0.3) is 5.69 Å². The Morgan fingerprint density at radius 1 is 1.10 bits per heavy atom. The Balaban J connectivity index is 1.63. The van der Waals surface area contributed by atoms with E-state index in [4.69, 9.17) is 0 Å². The molecule has 0 N–H and O–H groups in total. The Bertz CT molecular complexity index is 804. The smallest absolute Gasteiger partial charge is 0.363 e. The minimum absolute atomic E-state index is 0.0738. The summed E-state index contributed by atoms with van der Waals surface area (Å²) in [5.74, 6) is 0.0738. The minimum Gasteiger partial charge on any atom is -0.363 e. The van der Waals surface area contributed by atoms with Gasteiger partial charge >= 0.3 is 6.18 Å². The number of alkyl halides is 3. The molecular formula is C20H28F3N5O3. The van der Waals surface area contributed by atoms with Crippen molar-refractivity contribution in [2.24, 2.45) is 0 Å². The van der Waals surface area contributed by atoms with Crippen molar-refractivity contribution in [1.82, 2.24) is 14.7 Å². The number of carbonyl (C=O) groups is 1. The number of amides is 1. The van der Waals surface area contributed by atoms with Crippen LogP contribution in [0.2, 0.25) is 0 Å². The van der Waals surface area contributed by atoms with Crippen LogP contribution in [-0.2, 0) is 11.0 Å². The number of benzene rings is 1. The van der Waals surface area contributed by atoms with Crippen LogP contribution in [0.5, 0.6) is 0 Å². The predicted octanol–water partition coefficient (Wildman–Crippen LogP) is 2.29. The van der Waals surface area contributed by atoms with Crippen LogP contribution < -0.4 is 4.90 Å². The second-order valence-electron chi connectivity index (χ2n) is 7.92. The predicted molar refractivity (Wildman–Crippen MR) is 110 cm³/mol. The van der Waals surface area contributed by atoms with Gasteiger partial charge in [0.2, 0.25) is 5.91 Å². The van der Waals surface area contributed by atoms with Crippen molar-refractivity contribution in [1.29, 1.82) is 0 Å². The molecule has 1 unspecified atom stereocenters. The summed E-state index contributed by atoms with van der Waals surface area (Å²) in [7, 11) is 0. The number of likely N-dealkylation sites (N-methyl/N-ethyl adjacent to an activating group) is 1. The lowest BCUT2D eigenvalue weighted by Crippen LogP contribution is -2.57. The third kappa shape index (κ3) is 5.27. The second-order valence-corrected chi connectivity index (χ2v) is 7.92. The first-order valence-corrected chi connectivity index (χ1v) is 10.5. The molecule has 8 nitrogen and oxygen atoms in total. The van der Waals surface area contributed by atoms with Gasteiger partial charge < -0.3 is 14.7 Å². The van der Waals surface area contributed by atoms with E-state index < -0.39 is 22.4 Å². The summed E-state index contributed by atoms with van der Waals surface area (Å²) >= 11 is 0. The molecule has 0 aromatic heterocycles. The van der Waals surface area contributed by atoms with Crippen molar-refractivity contribution in [2.45, 2.75) is 26.1 Å². The van der Waals surface area contributed by atoms with E-state index in [1.807, 2.05) is 16.7 Å². The molecule has 1 atom stereocenters. The second kappa shape index (κ2) is 9.39. The van der Waals surface area contributed by atoms with Gasteiger partial charge in [0.1, 0.15) is 5.69 Å². The monoisotopic (exact) mass is 443 g/mol. The summed E-state index contributed by atoms with van der Waals surface area (Å²) in [6, 6.07) is 2.32. The number of carbonyl (C=O) groups excluding carboxylic acids is 1. The Morgan fingerprint density at radius 3 is 2.23 bits per heavy atom. The topological polar surface area (TPSA) is 73.2 Å². The lowest BCUT2D eigenvalue weighted by molar-refractivity contribution is -0.384. The molecule has 2 aliphatic rings. The number of nitro benzene ring substituents is 1. The van der Waals surface area contributed by atoms with E-state index in [0.29, 0.717) is 45.3 Å². The molecule has 0 saturated carbocycles. The largest absolute Gasteiger partial charge is 0.416 e. The van der Waals surface area contributed by atoms with Gasteiger partial charge in [-0.1, -0.05) is 6.92 Å². The molecule has 31 heavy (non-hydrogen) atoms. The average molecular weight is 443 g/mol. The van der Waals surface area contributed by atoms with Crippen LogP contribution in [0.1, 0.15) is 19.4 Å². The van der Waals surface area contributed by atoms with Gasteiger partial charge in [0, 0.05) is 58.4 Å². The fraction of sp³-hybridized carbons (Fsp3) is 0.650. The summed E-state index contributed by atoms with van der Waals surface area (Å²) in [6.45, 7) is 9.85. The Labute approximate surface area is 179 Å². The number of hydrogen-bond donors (Lipinski definition) is 0. The van der Waals surface area contributed by atoms with Crippen LogP contribution >= 0.6 is 0 Å². The van der Waals surface area contributed by atoms with E-state index in [9.17, 15) is 28.1 Å². The van der Waals surface area contributed by atoms with Gasteiger partial charge in [-0.15, -0.1) is 0 Å². The molecule has 2 aliphatic heterocycles. The zero-order valence-corrected chi connectivity index (χ0v) is 17.8. The van der Waals surface area contributed by atoms with E-state index in [1.54, 1.807) is 4.90 Å². The van der Waals surface area contributed by atoms with Crippen molar-refractivity contribution in [3.8, 4) is 0 Å². The van der Waals surface area contributed by atoms with Crippen LogP contribution in [0, 0.1) is 10.1 Å². The molecule has 1 aromatic carbocycles. The number of nitro groups is 1. The Morgan fingerprint density at radius 2 is 1.71 bits per heavy atom. The molecule has 0 bridgehead atoms. The van der Waals surface area contributed by atoms with Gasteiger partial charge in [-0.2, -0.15) is 13.2 Å². The van der Waals surface area contributed by atoms with Gasteiger partial charge in [-0.05, 0) is 25.6 Å². The molecule has 0 aliphatic carbocycles. The van der Waals surface area contributed by atoms with E-state index in [1.165, 1.54) is 6.07 Å². The highest BCUT2D eigenvalue weighted by Crippen LogP contribution is 2.36. The maximum atomic E-state index is 12.9. The quantitative estimate of drug-likeness (QED) is 0.514. The van der Waals surface area contributed by atoms with Gasteiger partial charge in [0.05, 0.1) is 16.5 Å². The zero-order valence-electron chi connectivity index (χ0n) is 17.8. The molecular weight excluding hydrogens is 415 g/mol. The molecule has 172 valence electrons. The molecule has 0 spiro atoms. The lowest BCUT2D eigenvalue weighted by atomic mass is 10.1. The van der Waals surface area contributed by atoms with Crippen LogP contribution in [0.25, 0.3) is 0 Å². The maximum Gasteiger partial charge on any atom is 0.416 e. The average Bonchev–Trinajstić information content (AvgIpc) is 2.77. The number of rotatable bonds is 5. The van der Waals surface area contributed by atoms with Crippen molar-refractivity contribution in [2.75, 3.05) is 63.8 Å². The number of hydrogen-bond acceptors (Lipinski definition) is 6. The molecule has 11 heteroatoms. The standard InChI is InChI=1S/C20H28F3N5O3/c1-3-24-6-8-27(9-7-24)19(29)15(2)25-10-12-26(13-11-25)17-5-4-16(20(21,22)23)14-18(17)28(30)31/h4-5,14-15H,3,6-13H2,1-2H3. The molecule has 3 rings (SSSR count). The van der Waals surface area contributed by atoms with Crippen LogP contribution in [0.15, 0.2) is 18.2 Å². The molecule has 2 heterocycles. The highest BCUT2D eigenvalue weighted by molar-refractivity contribution is 5.81. The third-order valence-corrected chi connectivity index (χ3v) is 6.19. The van der Waals surface area contributed by atoms with E-state index in [0.717, 1.165) is 25.7 Å². The van der Waals surface area contributed by atoms with Crippen molar-refractivity contribution in [3.63, 3.8) is 0 Å². The van der Waals surface area contributed by atoms with Gasteiger partial charge in [-0.3, -0.25) is 19.8 Å². The van der Waals surface area contributed by atoms with Crippen molar-refractivity contribution in [3.05, 3.63) is 33.9 Å². The summed E-state index contributed by atoms with van der Waals surface area (Å²) < 4.78 is 38.8. The minimum atomic E-state index is -4.64. The molecule has 2 fully saturated rings. The van der Waals surface area contributed by atoms with Crippen LogP contribution in [0.3, 0.4) is 0 Å². The number of anilines is 1. The fourth-order valence-corrected chi connectivity index (χ4v) is 4.17. The van der Waals surface area contributed by atoms with E-state index >= 15 is 0 Å². The highest BCUT2D eigenvalue weighted by atomic mass is 19.4. The van der Waals surface area contributed by atoms with Crippen LogP contribution in [-0.4, -0.2) is 90.5 Å². The van der Waals surface area contributed by atoms with Gasteiger partial charge in [0.15, 0.2) is 0 Å². The Kier molecular flexibility index (Phi) is 7.05. The maximum absolute atomic E-state index is 12.9. The van der Waals surface area contributed by atoms with Crippen LogP contribution in [0.4, 0.5) is 24.5 Å². The first-order valence-electron chi connectivity index (χ1n) is 10.5. The molecule has 1 amide bonds. The van der Waals surface area contributed by atoms with Gasteiger partial charge in [-0.25, -0.2) is 0 Å². The SMILES string of the molecule is CCN1CCN(C(=O)C(C)N2CCN(c3ccc(C(F)(F)F)cc3[N+](=O)[O-])CC2)CC1. The lowest BCUT2D eigenvalue weighted by Gasteiger charge is -2.41. The highest BCUT2D eigenvalue weighted by Gasteiger charge is 2.35. The Hall–Kier alpha value is -2.40. The number of nitrogens with zero attached hydrogens (tertiary/aromatic N) is 5. The normalized spacial score (nSPS) is 20.0. The van der Waals surface area contributed by atoms with E-state index in [2.05, 4.69) is 11.8 Å². The summed E-state index contributed by atoms with van der Waals surface area (Å²) in [5.41, 5.74) is -1.42. The first-order chi connectivity index (χ1) is 14.6. The number of halogens is 3. The molecule has 0 radical (unpaired) electrons.